The van der Waals surface area contributed by atoms with E-state index in [4.69, 9.17) is 5.73 Å². The van der Waals surface area contributed by atoms with Gasteiger partial charge in [0, 0.05) is 17.5 Å². The summed E-state index contributed by atoms with van der Waals surface area (Å²) in [5, 5.41) is 10.3. The number of fused-ring (bicyclic) bond motifs is 1. The highest BCUT2D eigenvalue weighted by Crippen LogP contribution is 2.47. The zero-order chi connectivity index (χ0) is 13.6. The van der Waals surface area contributed by atoms with E-state index in [1.165, 1.54) is 16.7 Å². The minimum Gasteiger partial charge on any atom is -0.507 e. The molecule has 2 aromatic rings. The van der Waals surface area contributed by atoms with Crippen LogP contribution in [0.25, 0.3) is 0 Å². The first-order chi connectivity index (χ1) is 9.09. The molecule has 0 aliphatic heterocycles. The molecule has 0 unspecified atom stereocenters. The quantitative estimate of drug-likeness (QED) is 0.818. The van der Waals surface area contributed by atoms with Crippen molar-refractivity contribution in [2.45, 2.75) is 32.2 Å². The van der Waals surface area contributed by atoms with E-state index in [1.54, 1.807) is 0 Å². The molecule has 0 aromatic heterocycles. The average molecular weight is 253 g/mol. The number of aromatic hydroxyl groups is 1. The first-order valence-electron chi connectivity index (χ1n) is 6.72. The Kier molecular flexibility index (Phi) is 2.83. The van der Waals surface area contributed by atoms with Crippen molar-refractivity contribution in [2.24, 2.45) is 5.73 Å². The van der Waals surface area contributed by atoms with E-state index in [-0.39, 0.29) is 12.0 Å². The minimum atomic E-state index is -0.115. The van der Waals surface area contributed by atoms with Crippen molar-refractivity contribution in [1.82, 2.24) is 0 Å². The largest absolute Gasteiger partial charge is 0.507 e. The van der Waals surface area contributed by atoms with Gasteiger partial charge < -0.3 is 10.8 Å². The summed E-state index contributed by atoms with van der Waals surface area (Å²) in [6.45, 7) is 4.04. The van der Waals surface area contributed by atoms with E-state index in [0.717, 1.165) is 17.5 Å². The Hall–Kier alpha value is -1.80. The van der Waals surface area contributed by atoms with Gasteiger partial charge in [0.25, 0.3) is 0 Å². The fourth-order valence-corrected chi connectivity index (χ4v) is 3.25. The van der Waals surface area contributed by atoms with E-state index in [0.29, 0.717) is 5.75 Å². The molecular weight excluding hydrogens is 234 g/mol. The van der Waals surface area contributed by atoms with Gasteiger partial charge in [-0.2, -0.15) is 0 Å². The van der Waals surface area contributed by atoms with Crippen LogP contribution in [0.5, 0.6) is 5.75 Å². The summed E-state index contributed by atoms with van der Waals surface area (Å²) in [6.07, 6.45) is 0.917. The summed E-state index contributed by atoms with van der Waals surface area (Å²) in [5.41, 5.74) is 12.0. The van der Waals surface area contributed by atoms with Crippen molar-refractivity contribution < 1.29 is 5.11 Å². The maximum Gasteiger partial charge on any atom is 0.123 e. The monoisotopic (exact) mass is 253 g/mol. The maximum absolute atomic E-state index is 10.3. The van der Waals surface area contributed by atoms with Crippen molar-refractivity contribution in [3.8, 4) is 5.75 Å². The number of rotatable bonds is 1. The zero-order valence-corrected chi connectivity index (χ0v) is 11.4. The van der Waals surface area contributed by atoms with E-state index in [1.807, 2.05) is 31.2 Å². The second-order valence-electron chi connectivity index (χ2n) is 5.50. The topological polar surface area (TPSA) is 46.2 Å². The number of benzene rings is 2. The van der Waals surface area contributed by atoms with Gasteiger partial charge in [-0.25, -0.2) is 0 Å². The fourth-order valence-electron chi connectivity index (χ4n) is 3.25. The molecule has 0 fully saturated rings. The molecule has 19 heavy (non-hydrogen) atoms. The lowest BCUT2D eigenvalue weighted by Crippen LogP contribution is -2.15. The van der Waals surface area contributed by atoms with Gasteiger partial charge in [-0.05, 0) is 42.5 Å². The predicted molar refractivity (Wildman–Crippen MR) is 77.4 cm³/mol. The number of hydrogen-bond acceptors (Lipinski definition) is 2. The molecule has 2 heteroatoms. The van der Waals surface area contributed by atoms with Crippen LogP contribution in [-0.2, 0) is 6.42 Å². The van der Waals surface area contributed by atoms with Gasteiger partial charge in [-0.3, -0.25) is 0 Å². The Bertz CT molecular complexity index is 619. The van der Waals surface area contributed by atoms with E-state index >= 15 is 0 Å². The van der Waals surface area contributed by atoms with Crippen LogP contribution in [0.3, 0.4) is 0 Å². The van der Waals surface area contributed by atoms with E-state index in [9.17, 15) is 5.11 Å². The van der Waals surface area contributed by atoms with Crippen LogP contribution in [-0.4, -0.2) is 5.11 Å². The van der Waals surface area contributed by atoms with E-state index < -0.39 is 0 Å². The Morgan fingerprint density at radius 3 is 2.47 bits per heavy atom. The van der Waals surface area contributed by atoms with Crippen LogP contribution in [0.1, 0.15) is 39.8 Å². The van der Waals surface area contributed by atoms with Crippen LogP contribution < -0.4 is 5.73 Å². The second kappa shape index (κ2) is 4.39. The molecule has 1 aliphatic carbocycles. The van der Waals surface area contributed by atoms with Gasteiger partial charge in [0.2, 0.25) is 0 Å². The Balaban J connectivity index is 2.10. The van der Waals surface area contributed by atoms with Gasteiger partial charge >= 0.3 is 0 Å². The first kappa shape index (κ1) is 12.2. The zero-order valence-electron chi connectivity index (χ0n) is 11.4. The van der Waals surface area contributed by atoms with Crippen molar-refractivity contribution >= 4 is 0 Å². The number of nitrogens with two attached hydrogens (primary N) is 1. The lowest BCUT2D eigenvalue weighted by Gasteiger charge is -2.17. The SMILES string of the molecule is Cc1cc(C)c2c(c1O)[C@H](N)[C@@H](c1ccccc1)C2. The average Bonchev–Trinajstić information content (AvgIpc) is 2.76. The molecule has 2 aromatic carbocycles. The van der Waals surface area contributed by atoms with Crippen molar-refractivity contribution in [2.75, 3.05) is 0 Å². The molecule has 0 spiro atoms. The molecule has 2 nitrogen and oxygen atoms in total. The Morgan fingerprint density at radius 2 is 1.79 bits per heavy atom. The Labute approximate surface area is 113 Å². The van der Waals surface area contributed by atoms with Crippen molar-refractivity contribution in [1.29, 1.82) is 0 Å². The smallest absolute Gasteiger partial charge is 0.123 e. The third kappa shape index (κ3) is 1.83. The van der Waals surface area contributed by atoms with Crippen molar-refractivity contribution in [3.05, 3.63) is 64.2 Å². The van der Waals surface area contributed by atoms with Crippen LogP contribution in [0, 0.1) is 13.8 Å². The second-order valence-corrected chi connectivity index (χ2v) is 5.50. The third-order valence-electron chi connectivity index (χ3n) is 4.28. The minimum absolute atomic E-state index is 0.115. The molecule has 0 saturated heterocycles. The lowest BCUT2D eigenvalue weighted by atomic mass is 9.92. The van der Waals surface area contributed by atoms with Gasteiger partial charge in [0.05, 0.1) is 0 Å². The molecule has 98 valence electrons. The van der Waals surface area contributed by atoms with Gasteiger partial charge in [0.1, 0.15) is 5.75 Å². The lowest BCUT2D eigenvalue weighted by molar-refractivity contribution is 0.456. The van der Waals surface area contributed by atoms with Crippen LogP contribution in [0.2, 0.25) is 0 Å². The molecule has 0 heterocycles. The summed E-state index contributed by atoms with van der Waals surface area (Å²) in [7, 11) is 0. The molecule has 3 N–H and O–H groups in total. The third-order valence-corrected chi connectivity index (χ3v) is 4.28. The maximum atomic E-state index is 10.3. The van der Waals surface area contributed by atoms with Crippen LogP contribution >= 0.6 is 0 Å². The highest BCUT2D eigenvalue weighted by Gasteiger charge is 2.34. The number of hydrogen-bond donors (Lipinski definition) is 2. The number of phenols is 1. The molecule has 0 amide bonds. The highest BCUT2D eigenvalue weighted by molar-refractivity contribution is 5.55. The summed E-state index contributed by atoms with van der Waals surface area (Å²) < 4.78 is 0. The molecular formula is C17H19NO. The molecule has 0 radical (unpaired) electrons. The first-order valence-corrected chi connectivity index (χ1v) is 6.72. The summed E-state index contributed by atoms with van der Waals surface area (Å²) in [6, 6.07) is 12.3. The summed E-state index contributed by atoms with van der Waals surface area (Å²) in [4.78, 5) is 0. The van der Waals surface area contributed by atoms with Crippen LogP contribution in [0.15, 0.2) is 36.4 Å². The van der Waals surface area contributed by atoms with Crippen LogP contribution in [0.4, 0.5) is 0 Å². The Morgan fingerprint density at radius 1 is 1.11 bits per heavy atom. The summed E-state index contributed by atoms with van der Waals surface area (Å²) in [5.74, 6) is 0.647. The van der Waals surface area contributed by atoms with Crippen molar-refractivity contribution in [3.63, 3.8) is 0 Å². The van der Waals surface area contributed by atoms with Gasteiger partial charge in [-0.1, -0.05) is 36.4 Å². The molecule has 1 aliphatic rings. The van der Waals surface area contributed by atoms with E-state index in [2.05, 4.69) is 19.1 Å². The molecule has 3 rings (SSSR count). The summed E-state index contributed by atoms with van der Waals surface area (Å²) >= 11 is 0. The highest BCUT2D eigenvalue weighted by atomic mass is 16.3. The number of aryl methyl sites for hydroxylation is 2. The fraction of sp³-hybridized carbons (Fsp3) is 0.294. The normalized spacial score (nSPS) is 21.4. The van der Waals surface area contributed by atoms with Gasteiger partial charge in [0.15, 0.2) is 0 Å². The number of phenolic OH excluding ortho intramolecular Hbond substituents is 1. The standard InChI is InChI=1S/C17H19NO/c1-10-8-11(2)17(19)15-13(10)9-14(16(15)18)12-6-4-3-5-7-12/h3-8,14,16,19H,9,18H2,1-2H3/t14-,16-/m1/s1. The molecule has 0 saturated carbocycles. The molecule has 0 bridgehead atoms. The predicted octanol–water partition coefficient (Wildman–Crippen LogP) is 3.35. The van der Waals surface area contributed by atoms with Gasteiger partial charge in [-0.15, -0.1) is 0 Å². The molecule has 2 atom stereocenters.